The fourth-order valence-corrected chi connectivity index (χ4v) is 3.81. The van der Waals surface area contributed by atoms with E-state index < -0.39 is 29.2 Å². The van der Waals surface area contributed by atoms with Crippen molar-refractivity contribution in [2.75, 3.05) is 19.0 Å². The molecule has 37 heavy (non-hydrogen) atoms. The maximum Gasteiger partial charge on any atom is 0.321 e. The van der Waals surface area contributed by atoms with E-state index in [1.807, 2.05) is 13.8 Å². The van der Waals surface area contributed by atoms with Gasteiger partial charge in [-0.05, 0) is 93.8 Å². The third-order valence-corrected chi connectivity index (χ3v) is 5.97. The fraction of sp³-hybridized carbons (Fsp3) is 0.310. The number of methoxy groups -OCH3 is 1. The number of aliphatic hydroxyl groups is 1. The molecule has 0 fully saturated rings. The van der Waals surface area contributed by atoms with Gasteiger partial charge in [0.1, 0.15) is 34.6 Å². The van der Waals surface area contributed by atoms with Crippen molar-refractivity contribution in [3.8, 4) is 17.2 Å². The van der Waals surface area contributed by atoms with E-state index in [9.17, 15) is 19.1 Å². The Labute approximate surface area is 216 Å². The summed E-state index contributed by atoms with van der Waals surface area (Å²) in [6, 6.07) is 14.2. The zero-order chi connectivity index (χ0) is 27.3. The molecule has 0 bridgehead atoms. The quantitative estimate of drug-likeness (QED) is 0.278. The van der Waals surface area contributed by atoms with E-state index in [2.05, 4.69) is 5.32 Å². The normalized spacial score (nSPS) is 12.0. The molecule has 0 saturated carbocycles. The average molecular weight is 510 g/mol. The van der Waals surface area contributed by atoms with E-state index in [0.29, 0.717) is 34.1 Å². The fourth-order valence-electron chi connectivity index (χ4n) is 3.81. The highest BCUT2D eigenvalue weighted by molar-refractivity contribution is 6.08. The molecule has 2 N–H and O–H groups in total. The second-order valence-electron chi connectivity index (χ2n) is 9.20. The van der Waals surface area contributed by atoms with Crippen LogP contribution in [0.2, 0.25) is 0 Å². The minimum atomic E-state index is -1.35. The van der Waals surface area contributed by atoms with Gasteiger partial charge in [0.05, 0.1) is 13.7 Å². The summed E-state index contributed by atoms with van der Waals surface area (Å²) >= 11 is 0. The zero-order valence-corrected chi connectivity index (χ0v) is 21.8. The van der Waals surface area contributed by atoms with Crippen LogP contribution in [0.3, 0.4) is 0 Å². The van der Waals surface area contributed by atoms with Gasteiger partial charge < -0.3 is 24.6 Å². The lowest BCUT2D eigenvalue weighted by molar-refractivity contribution is -0.157. The van der Waals surface area contributed by atoms with Gasteiger partial charge in [0.15, 0.2) is 0 Å². The lowest BCUT2D eigenvalue weighted by atomic mass is 9.92. The first-order valence-corrected chi connectivity index (χ1v) is 11.9. The predicted molar refractivity (Wildman–Crippen MR) is 138 cm³/mol. The van der Waals surface area contributed by atoms with E-state index in [0.717, 1.165) is 11.1 Å². The SMILES string of the molecule is CCOC(=O)C(C)(C)C(=O)Nc1cc(C)c(Oc2ccc(OC)c([C@@H](O)c3ccc(F)cc3)c2)c(C)c1. The highest BCUT2D eigenvalue weighted by Gasteiger charge is 2.37. The Balaban J connectivity index is 1.85. The molecule has 0 aliphatic heterocycles. The van der Waals surface area contributed by atoms with Crippen molar-refractivity contribution >= 4 is 17.6 Å². The van der Waals surface area contributed by atoms with Crippen LogP contribution in [-0.4, -0.2) is 30.7 Å². The molecule has 3 rings (SSSR count). The number of hydrogen-bond donors (Lipinski definition) is 2. The number of anilines is 1. The topological polar surface area (TPSA) is 94.1 Å². The van der Waals surface area contributed by atoms with Crippen LogP contribution in [0, 0.1) is 25.1 Å². The number of aryl methyl sites for hydroxylation is 2. The Kier molecular flexibility index (Phi) is 8.55. The van der Waals surface area contributed by atoms with E-state index in [4.69, 9.17) is 14.2 Å². The first kappa shape index (κ1) is 27.7. The summed E-state index contributed by atoms with van der Waals surface area (Å²) in [5, 5.41) is 13.7. The molecule has 0 heterocycles. The average Bonchev–Trinajstić information content (AvgIpc) is 2.86. The van der Waals surface area contributed by atoms with Crippen LogP contribution in [0.25, 0.3) is 0 Å². The molecule has 7 nitrogen and oxygen atoms in total. The summed E-state index contributed by atoms with van der Waals surface area (Å²) in [5.74, 6) is 0.0281. The van der Waals surface area contributed by atoms with Gasteiger partial charge in [0.25, 0.3) is 0 Å². The minimum Gasteiger partial charge on any atom is -0.496 e. The van der Waals surface area contributed by atoms with Crippen LogP contribution >= 0.6 is 0 Å². The molecule has 196 valence electrons. The summed E-state index contributed by atoms with van der Waals surface area (Å²) in [6.45, 7) is 8.58. The first-order chi connectivity index (χ1) is 17.5. The van der Waals surface area contributed by atoms with Gasteiger partial charge >= 0.3 is 5.97 Å². The number of hydrogen-bond acceptors (Lipinski definition) is 6. The Morgan fingerprint density at radius 2 is 1.65 bits per heavy atom. The molecule has 3 aromatic carbocycles. The highest BCUT2D eigenvalue weighted by Crippen LogP contribution is 2.37. The van der Waals surface area contributed by atoms with Gasteiger partial charge in [-0.1, -0.05) is 12.1 Å². The third kappa shape index (κ3) is 6.27. The molecule has 0 aliphatic rings. The number of esters is 1. The van der Waals surface area contributed by atoms with Gasteiger partial charge in [-0.3, -0.25) is 9.59 Å². The van der Waals surface area contributed by atoms with Crippen molar-refractivity contribution in [1.29, 1.82) is 0 Å². The summed E-state index contributed by atoms with van der Waals surface area (Å²) in [5.41, 5.74) is 1.65. The Morgan fingerprint density at radius 3 is 2.22 bits per heavy atom. The summed E-state index contributed by atoms with van der Waals surface area (Å²) in [4.78, 5) is 24.9. The molecule has 0 radical (unpaired) electrons. The van der Waals surface area contributed by atoms with Crippen molar-refractivity contribution in [3.63, 3.8) is 0 Å². The lowest BCUT2D eigenvalue weighted by Gasteiger charge is -2.22. The van der Waals surface area contributed by atoms with Crippen LogP contribution in [0.4, 0.5) is 10.1 Å². The second-order valence-corrected chi connectivity index (χ2v) is 9.20. The molecular weight excluding hydrogens is 477 g/mol. The maximum absolute atomic E-state index is 13.3. The summed E-state index contributed by atoms with van der Waals surface area (Å²) < 4.78 is 29.9. The number of carbonyl (C=O) groups is 2. The van der Waals surface area contributed by atoms with Crippen molar-refractivity contribution in [3.05, 3.63) is 82.7 Å². The smallest absolute Gasteiger partial charge is 0.321 e. The number of amides is 1. The Morgan fingerprint density at radius 1 is 1.03 bits per heavy atom. The predicted octanol–water partition coefficient (Wildman–Crippen LogP) is 5.85. The maximum atomic E-state index is 13.3. The van der Waals surface area contributed by atoms with Crippen LogP contribution in [-0.2, 0) is 14.3 Å². The van der Waals surface area contributed by atoms with E-state index in [-0.39, 0.29) is 6.61 Å². The monoisotopic (exact) mass is 509 g/mol. The molecule has 0 saturated heterocycles. The van der Waals surface area contributed by atoms with Gasteiger partial charge in [-0.25, -0.2) is 4.39 Å². The lowest BCUT2D eigenvalue weighted by Crippen LogP contribution is -2.39. The molecular formula is C29H32FNO6. The molecule has 0 unspecified atom stereocenters. The van der Waals surface area contributed by atoms with Gasteiger partial charge in [-0.15, -0.1) is 0 Å². The van der Waals surface area contributed by atoms with Crippen molar-refractivity contribution in [1.82, 2.24) is 0 Å². The van der Waals surface area contributed by atoms with E-state index in [1.165, 1.54) is 45.2 Å². The van der Waals surface area contributed by atoms with Crippen LogP contribution in [0.1, 0.15) is 49.1 Å². The van der Waals surface area contributed by atoms with Crippen molar-refractivity contribution < 1.29 is 33.3 Å². The number of carbonyl (C=O) groups excluding carboxylic acids is 2. The van der Waals surface area contributed by atoms with Crippen molar-refractivity contribution in [2.45, 2.75) is 40.7 Å². The van der Waals surface area contributed by atoms with Crippen LogP contribution < -0.4 is 14.8 Å². The third-order valence-electron chi connectivity index (χ3n) is 5.97. The summed E-state index contributed by atoms with van der Waals surface area (Å²) in [6.07, 6.45) is -1.05. The molecule has 3 aromatic rings. The Hall–Kier alpha value is -3.91. The standard InChI is InChI=1S/C29H32FNO6/c1-7-36-28(34)29(4,5)27(33)31-21-14-17(2)26(18(3)15-21)37-22-12-13-24(35-6)23(16-22)25(32)19-8-10-20(30)11-9-19/h8-16,25,32H,7H2,1-6H3,(H,31,33)/t25-/m0/s1. The van der Waals surface area contributed by atoms with Gasteiger partial charge in [0.2, 0.25) is 5.91 Å². The van der Waals surface area contributed by atoms with E-state index in [1.54, 1.807) is 37.3 Å². The molecule has 0 aromatic heterocycles. The van der Waals surface area contributed by atoms with Gasteiger partial charge in [0, 0.05) is 11.3 Å². The van der Waals surface area contributed by atoms with E-state index >= 15 is 0 Å². The number of benzene rings is 3. The highest BCUT2D eigenvalue weighted by atomic mass is 19.1. The molecule has 0 spiro atoms. The summed E-state index contributed by atoms with van der Waals surface area (Å²) in [7, 11) is 1.50. The molecule has 0 aliphatic carbocycles. The number of rotatable bonds is 9. The minimum absolute atomic E-state index is 0.188. The molecule has 8 heteroatoms. The number of nitrogens with one attached hydrogen (secondary N) is 1. The number of ether oxygens (including phenoxy) is 3. The number of halogens is 1. The zero-order valence-electron chi connectivity index (χ0n) is 21.8. The van der Waals surface area contributed by atoms with Crippen molar-refractivity contribution in [2.24, 2.45) is 5.41 Å². The second kappa shape index (κ2) is 11.4. The molecule has 1 amide bonds. The molecule has 1 atom stereocenters. The first-order valence-electron chi connectivity index (χ1n) is 11.9. The van der Waals surface area contributed by atoms with Gasteiger partial charge in [-0.2, -0.15) is 0 Å². The number of aliphatic hydroxyl groups excluding tert-OH is 1. The largest absolute Gasteiger partial charge is 0.496 e. The van der Waals surface area contributed by atoms with Crippen LogP contribution in [0.5, 0.6) is 17.2 Å². The van der Waals surface area contributed by atoms with Crippen LogP contribution in [0.15, 0.2) is 54.6 Å². The Bertz CT molecular complexity index is 1260.